The molecule has 0 aliphatic carbocycles. The van der Waals surface area contributed by atoms with Crippen LogP contribution in [0.25, 0.3) is 0 Å². The lowest BCUT2D eigenvalue weighted by atomic mass is 10.0. The molecule has 0 saturated carbocycles. The maximum atomic E-state index is 12.6. The zero-order chi connectivity index (χ0) is 21.8. The minimum atomic E-state index is -3.02. The average molecular weight is 422 g/mol. The first-order chi connectivity index (χ1) is 13.4. The van der Waals surface area contributed by atoms with Gasteiger partial charge in [-0.2, -0.15) is 0 Å². The van der Waals surface area contributed by atoms with Crippen molar-refractivity contribution in [3.05, 3.63) is 34.9 Å². The lowest BCUT2D eigenvalue weighted by Gasteiger charge is -2.18. The van der Waals surface area contributed by atoms with Crippen LogP contribution >= 0.6 is 0 Å². The molecule has 29 heavy (non-hydrogen) atoms. The molecule has 1 heterocycles. The van der Waals surface area contributed by atoms with Crippen LogP contribution < -0.4 is 0 Å². The van der Waals surface area contributed by atoms with Gasteiger partial charge in [0.25, 0.3) is 11.8 Å². The van der Waals surface area contributed by atoms with Crippen LogP contribution in [0.2, 0.25) is 0 Å². The summed E-state index contributed by atoms with van der Waals surface area (Å²) < 4.78 is 23.5. The number of hydrogen-bond donors (Lipinski definition) is 0. The second-order valence-corrected chi connectivity index (χ2v) is 12.3. The predicted molar refractivity (Wildman–Crippen MR) is 117 cm³/mol. The summed E-state index contributed by atoms with van der Waals surface area (Å²) in [6, 6.07) is 5.59. The van der Waals surface area contributed by atoms with E-state index in [0.717, 1.165) is 37.7 Å². The van der Waals surface area contributed by atoms with E-state index < -0.39 is 14.6 Å². The van der Waals surface area contributed by atoms with E-state index in [1.54, 1.807) is 26.8 Å². The molecule has 2 amide bonds. The van der Waals surface area contributed by atoms with Gasteiger partial charge in [0.15, 0.2) is 9.84 Å². The summed E-state index contributed by atoms with van der Waals surface area (Å²) in [6.45, 7) is 9.69. The molecule has 0 unspecified atom stereocenters. The third-order valence-electron chi connectivity index (χ3n) is 5.39. The molecular formula is C23H35NO4S. The minimum absolute atomic E-state index is 0.180. The average Bonchev–Trinajstić information content (AvgIpc) is 2.84. The van der Waals surface area contributed by atoms with Gasteiger partial charge in [-0.25, -0.2) is 8.42 Å². The molecule has 0 atom stereocenters. The summed E-state index contributed by atoms with van der Waals surface area (Å²) in [4.78, 5) is 26.3. The Morgan fingerprint density at radius 3 is 2.10 bits per heavy atom. The highest BCUT2D eigenvalue weighted by atomic mass is 32.2. The summed E-state index contributed by atoms with van der Waals surface area (Å²) in [7, 11) is -3.02. The third kappa shape index (κ3) is 5.91. The second-order valence-electron chi connectivity index (χ2n) is 9.44. The Morgan fingerprint density at radius 1 is 0.897 bits per heavy atom. The van der Waals surface area contributed by atoms with Crippen molar-refractivity contribution >= 4 is 21.7 Å². The van der Waals surface area contributed by atoms with Gasteiger partial charge in [0, 0.05) is 6.54 Å². The molecule has 1 aromatic rings. The Hall–Kier alpha value is -1.69. The van der Waals surface area contributed by atoms with Crippen LogP contribution in [0.15, 0.2) is 18.2 Å². The van der Waals surface area contributed by atoms with Gasteiger partial charge in [0.05, 0.1) is 21.6 Å². The number of unbranched alkanes of at least 4 members (excludes halogenated alkanes) is 4. The van der Waals surface area contributed by atoms with Crippen molar-refractivity contribution in [2.75, 3.05) is 12.3 Å². The van der Waals surface area contributed by atoms with Gasteiger partial charge in [0.1, 0.15) is 0 Å². The summed E-state index contributed by atoms with van der Waals surface area (Å²) >= 11 is 0. The fraction of sp³-hybridized carbons (Fsp3) is 0.652. The topological polar surface area (TPSA) is 71.5 Å². The van der Waals surface area contributed by atoms with E-state index in [-0.39, 0.29) is 23.5 Å². The molecule has 2 rings (SSSR count). The van der Waals surface area contributed by atoms with E-state index >= 15 is 0 Å². The molecule has 0 radical (unpaired) electrons. The number of imide groups is 1. The maximum Gasteiger partial charge on any atom is 0.261 e. The standard InChI is InChI=1S/C23H35NO4S/c1-17(2)16-24-21(25)19-13-12-18(15-20(19)22(24)26)11-9-7-6-8-10-14-29(27,28)23(3,4)5/h12-13,15,17H,6-11,14,16H2,1-5H3. The number of fused-ring (bicyclic) bond motifs is 1. The summed E-state index contributed by atoms with van der Waals surface area (Å²) in [5.41, 5.74) is 2.12. The van der Waals surface area contributed by atoms with E-state index in [4.69, 9.17) is 0 Å². The molecule has 0 N–H and O–H groups in total. The van der Waals surface area contributed by atoms with Crippen molar-refractivity contribution in [1.82, 2.24) is 4.90 Å². The number of hydrogen-bond acceptors (Lipinski definition) is 4. The van der Waals surface area contributed by atoms with Crippen LogP contribution in [0.4, 0.5) is 0 Å². The number of carbonyl (C=O) groups excluding carboxylic acids is 2. The third-order valence-corrected chi connectivity index (χ3v) is 8.09. The number of sulfone groups is 1. The van der Waals surface area contributed by atoms with Gasteiger partial charge >= 0.3 is 0 Å². The highest BCUT2D eigenvalue weighted by molar-refractivity contribution is 7.92. The number of carbonyl (C=O) groups is 2. The molecule has 0 aromatic heterocycles. The largest absolute Gasteiger partial charge is 0.274 e. The Morgan fingerprint density at radius 2 is 1.48 bits per heavy atom. The molecule has 0 saturated heterocycles. The molecule has 1 aliphatic heterocycles. The zero-order valence-corrected chi connectivity index (χ0v) is 19.3. The number of nitrogens with zero attached hydrogens (tertiary/aromatic N) is 1. The van der Waals surface area contributed by atoms with E-state index in [0.29, 0.717) is 24.1 Å². The van der Waals surface area contributed by atoms with Crippen LogP contribution in [-0.4, -0.2) is 42.2 Å². The van der Waals surface area contributed by atoms with Crippen LogP contribution in [0.1, 0.15) is 93.0 Å². The van der Waals surface area contributed by atoms with Gasteiger partial charge in [-0.3, -0.25) is 14.5 Å². The van der Waals surface area contributed by atoms with Crippen molar-refractivity contribution in [2.24, 2.45) is 5.92 Å². The molecule has 1 aromatic carbocycles. The number of rotatable bonds is 10. The molecule has 0 spiro atoms. The molecule has 0 bridgehead atoms. The zero-order valence-electron chi connectivity index (χ0n) is 18.5. The summed E-state index contributed by atoms with van der Waals surface area (Å²) in [5.74, 6) is 0.135. The number of benzene rings is 1. The van der Waals surface area contributed by atoms with Crippen LogP contribution in [0.5, 0.6) is 0 Å². The quantitative estimate of drug-likeness (QED) is 0.407. The molecule has 162 valence electrons. The molecular weight excluding hydrogens is 386 g/mol. The summed E-state index contributed by atoms with van der Waals surface area (Å²) in [5, 5.41) is 0. The van der Waals surface area contributed by atoms with Crippen LogP contribution in [0, 0.1) is 5.92 Å². The summed E-state index contributed by atoms with van der Waals surface area (Å²) in [6.07, 6.45) is 5.50. The van der Waals surface area contributed by atoms with Gasteiger partial charge < -0.3 is 0 Å². The van der Waals surface area contributed by atoms with Crippen molar-refractivity contribution < 1.29 is 18.0 Å². The van der Waals surface area contributed by atoms with Crippen molar-refractivity contribution in [3.8, 4) is 0 Å². The van der Waals surface area contributed by atoms with E-state index in [2.05, 4.69) is 0 Å². The maximum absolute atomic E-state index is 12.6. The molecule has 6 heteroatoms. The van der Waals surface area contributed by atoms with E-state index in [1.165, 1.54) is 4.90 Å². The minimum Gasteiger partial charge on any atom is -0.274 e. The monoisotopic (exact) mass is 421 g/mol. The Kier molecular flexibility index (Phi) is 7.66. The van der Waals surface area contributed by atoms with Gasteiger partial charge in [0.2, 0.25) is 0 Å². The number of amides is 2. The SMILES string of the molecule is CC(C)CN1C(=O)c2ccc(CCCCCCCS(=O)(=O)C(C)(C)C)cc2C1=O. The van der Waals surface area contributed by atoms with Crippen LogP contribution in [-0.2, 0) is 16.3 Å². The van der Waals surface area contributed by atoms with Crippen molar-refractivity contribution in [2.45, 2.75) is 77.9 Å². The second kappa shape index (κ2) is 9.41. The van der Waals surface area contributed by atoms with Crippen molar-refractivity contribution in [3.63, 3.8) is 0 Å². The molecule has 0 fully saturated rings. The van der Waals surface area contributed by atoms with E-state index in [1.807, 2.05) is 26.0 Å². The smallest absolute Gasteiger partial charge is 0.261 e. The van der Waals surface area contributed by atoms with Gasteiger partial charge in [-0.05, 0) is 63.6 Å². The first kappa shape index (κ1) is 23.6. The highest BCUT2D eigenvalue weighted by Gasteiger charge is 2.35. The fourth-order valence-electron chi connectivity index (χ4n) is 3.48. The molecule has 1 aliphatic rings. The van der Waals surface area contributed by atoms with Crippen molar-refractivity contribution in [1.29, 1.82) is 0 Å². The lowest BCUT2D eigenvalue weighted by molar-refractivity contribution is 0.0636. The first-order valence-electron chi connectivity index (χ1n) is 10.7. The Labute approximate surface area is 175 Å². The highest BCUT2D eigenvalue weighted by Crippen LogP contribution is 2.25. The first-order valence-corrected chi connectivity index (χ1v) is 12.3. The Balaban J connectivity index is 1.78. The van der Waals surface area contributed by atoms with Gasteiger partial charge in [-0.1, -0.05) is 39.2 Å². The normalized spacial score (nSPS) is 14.8. The fourth-order valence-corrected chi connectivity index (χ4v) is 4.68. The number of aryl methyl sites for hydroxylation is 1. The lowest BCUT2D eigenvalue weighted by Crippen LogP contribution is -2.33. The van der Waals surface area contributed by atoms with Crippen LogP contribution in [0.3, 0.4) is 0 Å². The van der Waals surface area contributed by atoms with E-state index in [9.17, 15) is 18.0 Å². The predicted octanol–water partition coefficient (Wildman–Crippen LogP) is 4.64. The van der Waals surface area contributed by atoms with Gasteiger partial charge in [-0.15, -0.1) is 0 Å². The Bertz CT molecular complexity index is 850. The molecule has 5 nitrogen and oxygen atoms in total.